The summed E-state index contributed by atoms with van der Waals surface area (Å²) in [5.74, 6) is 0.895. The van der Waals surface area contributed by atoms with Crippen molar-refractivity contribution < 1.29 is 4.74 Å². The van der Waals surface area contributed by atoms with Gasteiger partial charge in [0.15, 0.2) is 0 Å². The summed E-state index contributed by atoms with van der Waals surface area (Å²) >= 11 is 5.92. The minimum Gasteiger partial charge on any atom is -0.494 e. The van der Waals surface area contributed by atoms with Gasteiger partial charge in [-0.2, -0.15) is 0 Å². The van der Waals surface area contributed by atoms with Crippen molar-refractivity contribution >= 4 is 11.6 Å². The average molecular weight is 266 g/mol. The van der Waals surface area contributed by atoms with E-state index in [2.05, 4.69) is 10.3 Å². The van der Waals surface area contributed by atoms with Gasteiger partial charge in [0, 0.05) is 19.2 Å². The van der Waals surface area contributed by atoms with Crippen molar-refractivity contribution in [3.8, 4) is 5.75 Å². The van der Waals surface area contributed by atoms with Gasteiger partial charge in [-0.25, -0.2) is 0 Å². The van der Waals surface area contributed by atoms with Gasteiger partial charge >= 0.3 is 0 Å². The van der Waals surface area contributed by atoms with Crippen molar-refractivity contribution in [1.29, 1.82) is 0 Å². The summed E-state index contributed by atoms with van der Waals surface area (Å²) in [5, 5.41) is 7.90. The predicted molar refractivity (Wildman–Crippen MR) is 70.8 cm³/mol. The zero-order valence-electron chi connectivity index (χ0n) is 10.3. The van der Waals surface area contributed by atoms with Gasteiger partial charge in [-0.05, 0) is 19.1 Å². The topological polar surface area (TPSA) is 39.9 Å². The SMILES string of the molecule is CC(Cl)c1cn(CCCOc2ccccc2)nn1. The van der Waals surface area contributed by atoms with Crippen molar-refractivity contribution in [2.45, 2.75) is 25.3 Å². The molecule has 0 fully saturated rings. The molecular weight excluding hydrogens is 250 g/mol. The molecule has 0 spiro atoms. The van der Waals surface area contributed by atoms with Gasteiger partial charge < -0.3 is 4.74 Å². The van der Waals surface area contributed by atoms with E-state index in [0.29, 0.717) is 6.61 Å². The summed E-state index contributed by atoms with van der Waals surface area (Å²) in [6.45, 7) is 3.33. The molecule has 1 atom stereocenters. The smallest absolute Gasteiger partial charge is 0.119 e. The summed E-state index contributed by atoms with van der Waals surface area (Å²) in [4.78, 5) is 0. The summed E-state index contributed by atoms with van der Waals surface area (Å²) < 4.78 is 7.39. The molecule has 96 valence electrons. The fourth-order valence-electron chi connectivity index (χ4n) is 1.54. The van der Waals surface area contributed by atoms with Gasteiger partial charge in [-0.15, -0.1) is 16.7 Å². The molecule has 0 bridgehead atoms. The number of rotatable bonds is 6. The number of para-hydroxylation sites is 1. The Balaban J connectivity index is 1.72. The molecule has 1 aromatic heterocycles. The Hall–Kier alpha value is -1.55. The third-order valence-electron chi connectivity index (χ3n) is 2.51. The highest BCUT2D eigenvalue weighted by Crippen LogP contribution is 2.15. The Bertz CT molecular complexity index is 470. The number of aryl methyl sites for hydroxylation is 1. The summed E-state index contributed by atoms with van der Waals surface area (Å²) in [6, 6.07) is 9.78. The standard InChI is InChI=1S/C13H16ClN3O/c1-11(14)13-10-17(16-15-13)8-5-9-18-12-6-3-2-4-7-12/h2-4,6-7,10-11H,5,8-9H2,1H3. The first kappa shape index (κ1) is 12.9. The second-order valence-corrected chi connectivity index (χ2v) is 4.69. The Morgan fingerprint density at radius 2 is 2.11 bits per heavy atom. The number of alkyl halides is 1. The van der Waals surface area contributed by atoms with Gasteiger partial charge in [0.05, 0.1) is 12.0 Å². The molecule has 2 aromatic rings. The quantitative estimate of drug-likeness (QED) is 0.595. The third kappa shape index (κ3) is 3.74. The first-order valence-corrected chi connectivity index (χ1v) is 6.41. The maximum absolute atomic E-state index is 5.92. The third-order valence-corrected chi connectivity index (χ3v) is 2.73. The molecule has 0 aliphatic carbocycles. The lowest BCUT2D eigenvalue weighted by atomic mass is 10.3. The van der Waals surface area contributed by atoms with E-state index in [1.165, 1.54) is 0 Å². The van der Waals surface area contributed by atoms with Gasteiger partial charge in [0.2, 0.25) is 0 Å². The van der Waals surface area contributed by atoms with Crippen molar-refractivity contribution in [3.63, 3.8) is 0 Å². The maximum Gasteiger partial charge on any atom is 0.119 e. The van der Waals surface area contributed by atoms with Crippen LogP contribution in [-0.4, -0.2) is 21.6 Å². The number of ether oxygens (including phenoxy) is 1. The molecule has 0 saturated carbocycles. The van der Waals surface area contributed by atoms with E-state index in [1.807, 2.05) is 43.5 Å². The fraction of sp³-hybridized carbons (Fsp3) is 0.385. The maximum atomic E-state index is 5.92. The summed E-state index contributed by atoms with van der Waals surface area (Å²) in [5.41, 5.74) is 0.806. The molecule has 0 radical (unpaired) electrons. The lowest BCUT2D eigenvalue weighted by Crippen LogP contribution is -2.05. The first-order chi connectivity index (χ1) is 8.75. The number of nitrogens with zero attached hydrogens (tertiary/aromatic N) is 3. The highest BCUT2D eigenvalue weighted by atomic mass is 35.5. The Morgan fingerprint density at radius 1 is 1.33 bits per heavy atom. The van der Waals surface area contributed by atoms with E-state index < -0.39 is 0 Å². The molecular formula is C13H16ClN3O. The number of halogens is 1. The monoisotopic (exact) mass is 265 g/mol. The number of aromatic nitrogens is 3. The van der Waals surface area contributed by atoms with E-state index in [-0.39, 0.29) is 5.38 Å². The van der Waals surface area contributed by atoms with Crippen LogP contribution in [0, 0.1) is 0 Å². The van der Waals surface area contributed by atoms with Crippen molar-refractivity contribution in [2.24, 2.45) is 0 Å². The molecule has 0 N–H and O–H groups in total. The summed E-state index contributed by atoms with van der Waals surface area (Å²) in [6.07, 6.45) is 2.76. The number of hydrogen-bond acceptors (Lipinski definition) is 3. The molecule has 0 saturated heterocycles. The van der Waals surface area contributed by atoms with Crippen LogP contribution in [-0.2, 0) is 6.54 Å². The summed E-state index contributed by atoms with van der Waals surface area (Å²) in [7, 11) is 0. The zero-order chi connectivity index (χ0) is 12.8. The van der Waals surface area contributed by atoms with Crippen molar-refractivity contribution in [1.82, 2.24) is 15.0 Å². The zero-order valence-corrected chi connectivity index (χ0v) is 11.0. The minimum absolute atomic E-state index is 0.0979. The Kier molecular flexibility index (Phi) is 4.59. The molecule has 0 aliphatic heterocycles. The molecule has 1 aromatic carbocycles. The van der Waals surface area contributed by atoms with Crippen LogP contribution in [0.1, 0.15) is 24.4 Å². The molecule has 18 heavy (non-hydrogen) atoms. The van der Waals surface area contributed by atoms with Crippen LogP contribution in [0.2, 0.25) is 0 Å². The van der Waals surface area contributed by atoms with Crippen LogP contribution >= 0.6 is 11.6 Å². The predicted octanol–water partition coefficient (Wildman–Crippen LogP) is 3.05. The van der Waals surface area contributed by atoms with E-state index in [4.69, 9.17) is 16.3 Å². The highest BCUT2D eigenvalue weighted by molar-refractivity contribution is 6.20. The van der Waals surface area contributed by atoms with E-state index in [0.717, 1.165) is 24.4 Å². The van der Waals surface area contributed by atoms with Crippen LogP contribution in [0.15, 0.2) is 36.5 Å². The van der Waals surface area contributed by atoms with Gasteiger partial charge in [0.1, 0.15) is 11.4 Å². The lowest BCUT2D eigenvalue weighted by Gasteiger charge is -2.05. The fourth-order valence-corrected chi connectivity index (χ4v) is 1.64. The number of benzene rings is 1. The largest absolute Gasteiger partial charge is 0.494 e. The normalized spacial score (nSPS) is 12.3. The van der Waals surface area contributed by atoms with Crippen LogP contribution in [0.3, 0.4) is 0 Å². The van der Waals surface area contributed by atoms with Gasteiger partial charge in [-0.3, -0.25) is 4.68 Å². The Morgan fingerprint density at radius 3 is 2.78 bits per heavy atom. The average Bonchev–Trinajstić information content (AvgIpc) is 2.85. The molecule has 0 amide bonds. The van der Waals surface area contributed by atoms with Crippen LogP contribution in [0.4, 0.5) is 0 Å². The lowest BCUT2D eigenvalue weighted by molar-refractivity contribution is 0.298. The second kappa shape index (κ2) is 6.40. The van der Waals surface area contributed by atoms with Crippen LogP contribution in [0.25, 0.3) is 0 Å². The van der Waals surface area contributed by atoms with Crippen LogP contribution < -0.4 is 4.74 Å². The van der Waals surface area contributed by atoms with E-state index in [1.54, 1.807) is 4.68 Å². The van der Waals surface area contributed by atoms with Crippen LogP contribution in [0.5, 0.6) is 5.75 Å². The Labute approximate surface area is 112 Å². The molecule has 0 aliphatic rings. The van der Waals surface area contributed by atoms with Crippen molar-refractivity contribution in [3.05, 3.63) is 42.2 Å². The molecule has 1 heterocycles. The van der Waals surface area contributed by atoms with Gasteiger partial charge in [0.25, 0.3) is 0 Å². The number of hydrogen-bond donors (Lipinski definition) is 0. The van der Waals surface area contributed by atoms with Gasteiger partial charge in [-0.1, -0.05) is 23.4 Å². The molecule has 2 rings (SSSR count). The minimum atomic E-state index is -0.0979. The van der Waals surface area contributed by atoms with E-state index in [9.17, 15) is 0 Å². The highest BCUT2D eigenvalue weighted by Gasteiger charge is 2.06. The second-order valence-electron chi connectivity index (χ2n) is 4.04. The van der Waals surface area contributed by atoms with E-state index >= 15 is 0 Å². The molecule has 5 heteroatoms. The van der Waals surface area contributed by atoms with Crippen molar-refractivity contribution in [2.75, 3.05) is 6.61 Å². The molecule has 1 unspecified atom stereocenters. The molecule has 4 nitrogen and oxygen atoms in total. The first-order valence-electron chi connectivity index (χ1n) is 5.97.